The molecular formula is C18H17ClF3N3O2. The Labute approximate surface area is 159 Å². The van der Waals surface area contributed by atoms with E-state index in [2.05, 4.69) is 10.6 Å². The Balaban J connectivity index is 1.89. The molecule has 0 aliphatic rings. The highest BCUT2D eigenvalue weighted by Crippen LogP contribution is 2.22. The average Bonchev–Trinajstić information content (AvgIpc) is 2.57. The van der Waals surface area contributed by atoms with Crippen LogP contribution in [0.5, 0.6) is 0 Å². The number of benzene rings is 2. The number of halogens is 4. The van der Waals surface area contributed by atoms with Gasteiger partial charge in [-0.15, -0.1) is 0 Å². The number of carbonyl (C=O) groups is 2. The number of rotatable bonds is 6. The van der Waals surface area contributed by atoms with Gasteiger partial charge in [-0.05, 0) is 43.8 Å². The molecule has 0 bridgehead atoms. The lowest BCUT2D eigenvalue weighted by atomic mass is 10.2. The highest BCUT2D eigenvalue weighted by Gasteiger charge is 2.17. The van der Waals surface area contributed by atoms with Crippen LogP contribution in [0.2, 0.25) is 5.02 Å². The summed E-state index contributed by atoms with van der Waals surface area (Å²) in [5.74, 6) is -5.61. The fourth-order valence-corrected chi connectivity index (χ4v) is 2.55. The van der Waals surface area contributed by atoms with Crippen LogP contribution in [0.25, 0.3) is 0 Å². The quantitative estimate of drug-likeness (QED) is 0.730. The Morgan fingerprint density at radius 1 is 0.963 bits per heavy atom. The summed E-state index contributed by atoms with van der Waals surface area (Å²) in [5, 5.41) is 5.14. The molecule has 0 radical (unpaired) electrons. The van der Waals surface area contributed by atoms with Crippen LogP contribution >= 0.6 is 11.6 Å². The first-order chi connectivity index (χ1) is 12.7. The first-order valence-electron chi connectivity index (χ1n) is 7.85. The van der Waals surface area contributed by atoms with Crippen molar-refractivity contribution in [2.75, 3.05) is 30.8 Å². The van der Waals surface area contributed by atoms with Gasteiger partial charge in [-0.3, -0.25) is 14.5 Å². The van der Waals surface area contributed by atoms with Crippen molar-refractivity contribution in [2.45, 2.75) is 6.92 Å². The SMILES string of the molecule is Cc1ccc(NC(=O)CN(C)CC(=O)Nc2ccc(F)c(F)c2F)c(Cl)c1. The van der Waals surface area contributed by atoms with Crippen molar-refractivity contribution >= 4 is 34.8 Å². The molecule has 0 fully saturated rings. The van der Waals surface area contributed by atoms with Crippen molar-refractivity contribution < 1.29 is 22.8 Å². The molecule has 0 aliphatic carbocycles. The van der Waals surface area contributed by atoms with Crippen LogP contribution in [-0.2, 0) is 9.59 Å². The third-order valence-corrected chi connectivity index (χ3v) is 3.85. The number of anilines is 2. The summed E-state index contributed by atoms with van der Waals surface area (Å²) in [6.07, 6.45) is 0. The summed E-state index contributed by atoms with van der Waals surface area (Å²) in [7, 11) is 1.50. The van der Waals surface area contributed by atoms with Crippen LogP contribution in [0, 0.1) is 24.4 Å². The van der Waals surface area contributed by atoms with Gasteiger partial charge in [0.05, 0.1) is 29.5 Å². The maximum atomic E-state index is 13.6. The van der Waals surface area contributed by atoms with Gasteiger partial charge in [0.15, 0.2) is 17.5 Å². The van der Waals surface area contributed by atoms with Crippen molar-refractivity contribution in [3.8, 4) is 0 Å². The van der Waals surface area contributed by atoms with Crippen LogP contribution in [0.4, 0.5) is 24.5 Å². The molecule has 0 saturated heterocycles. The van der Waals surface area contributed by atoms with E-state index in [1.807, 2.05) is 6.92 Å². The summed E-state index contributed by atoms with van der Waals surface area (Å²) in [5.41, 5.74) is 0.897. The molecule has 9 heteroatoms. The minimum Gasteiger partial charge on any atom is -0.324 e. The molecule has 0 saturated carbocycles. The molecule has 0 aliphatic heterocycles. The Kier molecular flexibility index (Phi) is 6.81. The van der Waals surface area contributed by atoms with Gasteiger partial charge in [-0.25, -0.2) is 13.2 Å². The van der Waals surface area contributed by atoms with Gasteiger partial charge in [0.25, 0.3) is 0 Å². The average molecular weight is 400 g/mol. The molecule has 0 spiro atoms. The lowest BCUT2D eigenvalue weighted by molar-refractivity contribution is -0.119. The van der Waals surface area contributed by atoms with Gasteiger partial charge in [0, 0.05) is 0 Å². The topological polar surface area (TPSA) is 61.4 Å². The number of amides is 2. The lowest BCUT2D eigenvalue weighted by Gasteiger charge is -2.16. The summed E-state index contributed by atoms with van der Waals surface area (Å²) in [6, 6.07) is 6.77. The van der Waals surface area contributed by atoms with Gasteiger partial charge >= 0.3 is 0 Å². The van der Waals surface area contributed by atoms with Crippen LogP contribution < -0.4 is 10.6 Å². The standard InChI is InChI=1S/C18H17ClF3N3O2/c1-10-3-5-13(11(19)7-10)23-15(26)8-25(2)9-16(27)24-14-6-4-12(20)17(21)18(14)22/h3-7H,8-9H2,1-2H3,(H,23,26)(H,24,27). The van der Waals surface area contributed by atoms with E-state index in [9.17, 15) is 22.8 Å². The summed E-state index contributed by atoms with van der Waals surface area (Å²) >= 11 is 6.04. The molecule has 0 aromatic heterocycles. The fraction of sp³-hybridized carbons (Fsp3) is 0.222. The van der Waals surface area contributed by atoms with Crippen LogP contribution in [0.1, 0.15) is 5.56 Å². The molecule has 5 nitrogen and oxygen atoms in total. The van der Waals surface area contributed by atoms with Gasteiger partial charge < -0.3 is 10.6 Å². The number of nitrogens with one attached hydrogen (secondary N) is 2. The number of nitrogens with zero attached hydrogens (tertiary/aromatic N) is 1. The number of carbonyl (C=O) groups excluding carboxylic acids is 2. The molecule has 2 aromatic rings. The van der Waals surface area contributed by atoms with Crippen LogP contribution in [-0.4, -0.2) is 36.9 Å². The molecule has 0 atom stereocenters. The van der Waals surface area contributed by atoms with Crippen molar-refractivity contribution in [1.29, 1.82) is 0 Å². The van der Waals surface area contributed by atoms with E-state index >= 15 is 0 Å². The van der Waals surface area contributed by atoms with E-state index in [-0.39, 0.29) is 13.1 Å². The van der Waals surface area contributed by atoms with Crippen molar-refractivity contribution in [2.24, 2.45) is 0 Å². The van der Waals surface area contributed by atoms with Gasteiger partial charge in [-0.2, -0.15) is 0 Å². The highest BCUT2D eigenvalue weighted by molar-refractivity contribution is 6.33. The van der Waals surface area contributed by atoms with Gasteiger partial charge in [0.1, 0.15) is 0 Å². The zero-order chi connectivity index (χ0) is 20.1. The summed E-state index contributed by atoms with van der Waals surface area (Å²) in [4.78, 5) is 25.3. The molecule has 0 unspecified atom stereocenters. The molecule has 144 valence electrons. The third-order valence-electron chi connectivity index (χ3n) is 3.53. The number of hydrogen-bond acceptors (Lipinski definition) is 3. The van der Waals surface area contributed by atoms with Crippen LogP contribution in [0.3, 0.4) is 0 Å². The second-order valence-corrected chi connectivity index (χ2v) is 6.38. The molecule has 2 N–H and O–H groups in total. The van der Waals surface area contributed by atoms with Crippen molar-refractivity contribution in [3.63, 3.8) is 0 Å². The lowest BCUT2D eigenvalue weighted by Crippen LogP contribution is -2.36. The Hall–Kier alpha value is -2.58. The van der Waals surface area contributed by atoms with E-state index in [0.717, 1.165) is 11.6 Å². The molecule has 2 rings (SSSR count). The minimum absolute atomic E-state index is 0.141. The van der Waals surface area contributed by atoms with E-state index < -0.39 is 35.0 Å². The first-order valence-corrected chi connectivity index (χ1v) is 8.23. The molecular weight excluding hydrogens is 383 g/mol. The normalized spacial score (nSPS) is 10.8. The van der Waals surface area contributed by atoms with E-state index in [0.29, 0.717) is 16.8 Å². The van der Waals surface area contributed by atoms with Crippen molar-refractivity contribution in [3.05, 3.63) is 58.4 Å². The Morgan fingerprint density at radius 3 is 2.11 bits per heavy atom. The predicted molar refractivity (Wildman–Crippen MR) is 97.3 cm³/mol. The maximum Gasteiger partial charge on any atom is 0.238 e. The summed E-state index contributed by atoms with van der Waals surface area (Å²) in [6.45, 7) is 1.45. The zero-order valence-electron chi connectivity index (χ0n) is 14.6. The molecule has 0 heterocycles. The highest BCUT2D eigenvalue weighted by atomic mass is 35.5. The van der Waals surface area contributed by atoms with E-state index in [4.69, 9.17) is 11.6 Å². The zero-order valence-corrected chi connectivity index (χ0v) is 15.3. The first kappa shape index (κ1) is 20.7. The number of hydrogen-bond donors (Lipinski definition) is 2. The summed E-state index contributed by atoms with van der Waals surface area (Å²) < 4.78 is 39.6. The smallest absolute Gasteiger partial charge is 0.238 e. The van der Waals surface area contributed by atoms with E-state index in [1.165, 1.54) is 11.9 Å². The second-order valence-electron chi connectivity index (χ2n) is 5.97. The van der Waals surface area contributed by atoms with Crippen LogP contribution in [0.15, 0.2) is 30.3 Å². The van der Waals surface area contributed by atoms with E-state index in [1.54, 1.807) is 18.2 Å². The Bertz CT molecular complexity index is 877. The monoisotopic (exact) mass is 399 g/mol. The number of aryl methyl sites for hydroxylation is 1. The van der Waals surface area contributed by atoms with Crippen molar-refractivity contribution in [1.82, 2.24) is 4.90 Å². The predicted octanol–water partition coefficient (Wildman–Crippen LogP) is 3.57. The fourth-order valence-electron chi connectivity index (χ4n) is 2.27. The maximum absolute atomic E-state index is 13.6. The second kappa shape index (κ2) is 8.88. The third kappa shape index (κ3) is 5.70. The Morgan fingerprint density at radius 2 is 1.52 bits per heavy atom. The minimum atomic E-state index is -1.67. The molecule has 2 amide bonds. The van der Waals surface area contributed by atoms with Gasteiger partial charge in [0.2, 0.25) is 11.8 Å². The van der Waals surface area contributed by atoms with Gasteiger partial charge in [-0.1, -0.05) is 17.7 Å². The largest absolute Gasteiger partial charge is 0.324 e. The molecule has 27 heavy (non-hydrogen) atoms. The molecule has 2 aromatic carbocycles. The number of likely N-dealkylation sites (N-methyl/N-ethyl adjacent to an activating group) is 1.